The van der Waals surface area contributed by atoms with Crippen molar-refractivity contribution in [3.63, 3.8) is 0 Å². The average Bonchev–Trinajstić information content (AvgIpc) is 2.66. The van der Waals surface area contributed by atoms with Crippen LogP contribution in [0.25, 0.3) is 0 Å². The van der Waals surface area contributed by atoms with Crippen LogP contribution in [0.1, 0.15) is 23.0 Å². The first-order valence-electron chi connectivity index (χ1n) is 6.17. The maximum Gasteiger partial charge on any atom is 0.166 e. The highest BCUT2D eigenvalue weighted by Gasteiger charge is 2.30. The Labute approximate surface area is 105 Å². The van der Waals surface area contributed by atoms with Crippen LogP contribution in [0.15, 0.2) is 36.4 Å². The summed E-state index contributed by atoms with van der Waals surface area (Å²) in [6, 6.07) is 3.99. The molecule has 0 saturated heterocycles. The average molecular weight is 240 g/mol. The molecule has 5 rings (SSSR count). The Morgan fingerprint density at radius 3 is 2.44 bits per heavy atom. The number of rotatable bonds is 0. The van der Waals surface area contributed by atoms with Gasteiger partial charge in [-0.1, -0.05) is 18.2 Å². The summed E-state index contributed by atoms with van der Waals surface area (Å²) in [5, 5.41) is 0. The lowest BCUT2D eigenvalue weighted by molar-refractivity contribution is -0.115. The van der Waals surface area contributed by atoms with E-state index in [1.165, 1.54) is 0 Å². The van der Waals surface area contributed by atoms with Crippen LogP contribution in [0, 0.1) is 0 Å². The van der Waals surface area contributed by atoms with Gasteiger partial charge in [-0.15, -0.1) is 0 Å². The van der Waals surface area contributed by atoms with Crippen molar-refractivity contribution < 1.29 is 14.3 Å². The molecular formula is C15H12O3. The molecule has 4 aliphatic rings. The molecule has 2 bridgehead atoms. The molecule has 0 aromatic heterocycles. The Hall–Kier alpha value is -2.03. The summed E-state index contributed by atoms with van der Waals surface area (Å²) in [5.41, 5.74) is 2.22. The van der Waals surface area contributed by atoms with Gasteiger partial charge in [0.05, 0.1) is 5.92 Å². The highest BCUT2D eigenvalue weighted by Crippen LogP contribution is 2.44. The van der Waals surface area contributed by atoms with E-state index >= 15 is 0 Å². The number of carbonyl (C=O) groups is 1. The molecule has 2 unspecified atom stereocenters. The van der Waals surface area contributed by atoms with E-state index in [0.29, 0.717) is 13.2 Å². The maximum absolute atomic E-state index is 12.0. The van der Waals surface area contributed by atoms with E-state index in [-0.39, 0.29) is 17.6 Å². The fraction of sp³-hybridized carbons (Fsp3) is 0.267. The molecule has 0 amide bonds. The molecule has 0 radical (unpaired) electrons. The summed E-state index contributed by atoms with van der Waals surface area (Å²) in [7, 11) is 0. The molecule has 0 spiro atoms. The predicted octanol–water partition coefficient (Wildman–Crippen LogP) is 2.33. The number of carbonyl (C=O) groups excluding carboxylic acids is 1. The van der Waals surface area contributed by atoms with Crippen molar-refractivity contribution >= 4 is 5.78 Å². The van der Waals surface area contributed by atoms with E-state index in [1.54, 1.807) is 6.08 Å². The lowest BCUT2D eigenvalue weighted by atomic mass is 9.82. The standard InChI is InChI=1S/C15H12O3/c16-13-4-2-9-1-3-10(13)12-8-15-14(7-11(9)12)17-5-6-18-15/h1-4,7-10H,5-6H2. The second kappa shape index (κ2) is 3.48. The maximum atomic E-state index is 12.0. The first kappa shape index (κ1) is 9.95. The Kier molecular flexibility index (Phi) is 1.92. The lowest BCUT2D eigenvalue weighted by Crippen LogP contribution is -2.18. The number of allylic oxidation sites excluding steroid dienone is 4. The van der Waals surface area contributed by atoms with Crippen LogP contribution in [0.2, 0.25) is 0 Å². The largest absolute Gasteiger partial charge is 0.486 e. The van der Waals surface area contributed by atoms with Crippen LogP contribution < -0.4 is 9.47 Å². The molecular weight excluding hydrogens is 228 g/mol. The quantitative estimate of drug-likeness (QED) is 0.653. The summed E-state index contributed by atoms with van der Waals surface area (Å²) < 4.78 is 11.2. The third kappa shape index (κ3) is 1.27. The zero-order chi connectivity index (χ0) is 12.1. The molecule has 2 atom stereocenters. The Morgan fingerprint density at radius 2 is 1.67 bits per heavy atom. The molecule has 1 aliphatic heterocycles. The van der Waals surface area contributed by atoms with Crippen LogP contribution in [0.5, 0.6) is 11.5 Å². The van der Waals surface area contributed by atoms with Gasteiger partial charge in [0.15, 0.2) is 17.3 Å². The fourth-order valence-electron chi connectivity index (χ4n) is 2.83. The lowest BCUT2D eigenvalue weighted by Gasteiger charge is -2.26. The fourth-order valence-corrected chi connectivity index (χ4v) is 2.83. The Bertz CT molecular complexity index is 598. The second-order valence-electron chi connectivity index (χ2n) is 4.77. The van der Waals surface area contributed by atoms with Gasteiger partial charge in [0, 0.05) is 5.92 Å². The zero-order valence-electron chi connectivity index (χ0n) is 9.76. The van der Waals surface area contributed by atoms with Crippen LogP contribution >= 0.6 is 0 Å². The number of hydrogen-bond donors (Lipinski definition) is 0. The van der Waals surface area contributed by atoms with Crippen molar-refractivity contribution in [1.29, 1.82) is 0 Å². The van der Waals surface area contributed by atoms with Crippen molar-refractivity contribution in [3.8, 4) is 11.5 Å². The van der Waals surface area contributed by atoms with E-state index in [1.807, 2.05) is 24.3 Å². The van der Waals surface area contributed by atoms with Gasteiger partial charge in [0.25, 0.3) is 0 Å². The number of fused-ring (bicyclic) bond motifs is 2. The van der Waals surface area contributed by atoms with Gasteiger partial charge >= 0.3 is 0 Å². The van der Waals surface area contributed by atoms with Gasteiger partial charge in [-0.2, -0.15) is 0 Å². The molecule has 3 nitrogen and oxygen atoms in total. The molecule has 0 saturated carbocycles. The van der Waals surface area contributed by atoms with E-state index in [4.69, 9.17) is 9.47 Å². The van der Waals surface area contributed by atoms with Crippen molar-refractivity contribution in [3.05, 3.63) is 47.6 Å². The van der Waals surface area contributed by atoms with Crippen molar-refractivity contribution in [2.24, 2.45) is 0 Å². The van der Waals surface area contributed by atoms with Gasteiger partial charge in [0.1, 0.15) is 13.2 Å². The summed E-state index contributed by atoms with van der Waals surface area (Å²) in [5.74, 6) is 1.71. The first-order chi connectivity index (χ1) is 8.83. The topological polar surface area (TPSA) is 35.5 Å². The number of hydrogen-bond acceptors (Lipinski definition) is 3. The monoisotopic (exact) mass is 240 g/mol. The van der Waals surface area contributed by atoms with E-state index in [9.17, 15) is 4.79 Å². The predicted molar refractivity (Wildman–Crippen MR) is 66.2 cm³/mol. The highest BCUT2D eigenvalue weighted by atomic mass is 16.6. The van der Waals surface area contributed by atoms with Crippen LogP contribution in [0.3, 0.4) is 0 Å². The normalized spacial score (nSPS) is 27.0. The minimum atomic E-state index is -0.161. The second-order valence-corrected chi connectivity index (χ2v) is 4.77. The third-order valence-electron chi connectivity index (χ3n) is 3.73. The van der Waals surface area contributed by atoms with Crippen LogP contribution in [-0.4, -0.2) is 19.0 Å². The summed E-state index contributed by atoms with van der Waals surface area (Å²) in [6.45, 7) is 1.16. The van der Waals surface area contributed by atoms with Gasteiger partial charge in [-0.05, 0) is 29.3 Å². The van der Waals surface area contributed by atoms with Gasteiger partial charge < -0.3 is 9.47 Å². The van der Waals surface area contributed by atoms with Crippen molar-refractivity contribution in [2.45, 2.75) is 11.8 Å². The molecule has 18 heavy (non-hydrogen) atoms. The van der Waals surface area contributed by atoms with Crippen LogP contribution in [0.4, 0.5) is 0 Å². The molecule has 90 valence electrons. The minimum Gasteiger partial charge on any atom is -0.486 e. The van der Waals surface area contributed by atoms with Crippen LogP contribution in [-0.2, 0) is 4.79 Å². The van der Waals surface area contributed by atoms with E-state index in [2.05, 4.69) is 6.08 Å². The summed E-state index contributed by atoms with van der Waals surface area (Å²) >= 11 is 0. The third-order valence-corrected chi connectivity index (χ3v) is 3.73. The zero-order valence-corrected chi connectivity index (χ0v) is 9.76. The Morgan fingerprint density at radius 1 is 0.944 bits per heavy atom. The van der Waals surface area contributed by atoms with Crippen molar-refractivity contribution in [2.75, 3.05) is 13.2 Å². The van der Waals surface area contributed by atoms with Crippen molar-refractivity contribution in [1.82, 2.24) is 0 Å². The molecule has 1 heterocycles. The SMILES string of the molecule is O=C1C=CC2C=CC1c1cc3c(cc12)OCCO3. The number of ether oxygens (including phenoxy) is 2. The smallest absolute Gasteiger partial charge is 0.166 e. The number of ketones is 1. The van der Waals surface area contributed by atoms with Gasteiger partial charge in [0.2, 0.25) is 0 Å². The molecule has 0 N–H and O–H groups in total. The minimum absolute atomic E-state index is 0.143. The first-order valence-corrected chi connectivity index (χ1v) is 6.17. The Balaban J connectivity index is 1.94. The van der Waals surface area contributed by atoms with E-state index < -0.39 is 0 Å². The van der Waals surface area contributed by atoms with Gasteiger partial charge in [-0.25, -0.2) is 0 Å². The molecule has 3 heteroatoms. The highest BCUT2D eigenvalue weighted by molar-refractivity contribution is 5.99. The molecule has 0 fully saturated rings. The molecule has 3 aliphatic carbocycles. The summed E-state index contributed by atoms with van der Waals surface area (Å²) in [4.78, 5) is 12.0. The number of benzene rings is 1. The van der Waals surface area contributed by atoms with E-state index in [0.717, 1.165) is 22.6 Å². The summed E-state index contributed by atoms with van der Waals surface area (Å²) in [6.07, 6.45) is 7.73. The molecule has 1 aromatic carbocycles. The molecule has 1 aromatic rings. The van der Waals surface area contributed by atoms with Gasteiger partial charge in [-0.3, -0.25) is 4.79 Å².